The second kappa shape index (κ2) is 3.17. The van der Waals surface area contributed by atoms with Gasteiger partial charge in [0.05, 0.1) is 5.56 Å². The van der Waals surface area contributed by atoms with Crippen LogP contribution in [0.5, 0.6) is 0 Å². The third kappa shape index (κ3) is 1.26. The maximum atomic E-state index is 13.2. The molecule has 0 aliphatic carbocycles. The molecule has 5 heteroatoms. The van der Waals surface area contributed by atoms with Gasteiger partial charge in [0.25, 0.3) is 0 Å². The van der Waals surface area contributed by atoms with E-state index >= 15 is 0 Å². The van der Waals surface area contributed by atoms with Crippen LogP contribution in [-0.2, 0) is 0 Å². The van der Waals surface area contributed by atoms with E-state index in [4.69, 9.17) is 0 Å². The molecule has 2 nitrogen and oxygen atoms in total. The molecule has 1 N–H and O–H groups in total. The number of imidazole rings is 1. The average Bonchev–Trinajstić information content (AvgIpc) is 2.67. The number of hydrogen-bond donors (Lipinski definition) is 1. The van der Waals surface area contributed by atoms with E-state index in [-0.39, 0.29) is 11.4 Å². The van der Waals surface area contributed by atoms with Crippen molar-refractivity contribution in [3.63, 3.8) is 0 Å². The lowest BCUT2D eigenvalue weighted by Gasteiger charge is -2.00. The van der Waals surface area contributed by atoms with E-state index in [1.807, 2.05) is 0 Å². The van der Waals surface area contributed by atoms with Crippen molar-refractivity contribution in [2.45, 2.75) is 0 Å². The second-order valence-electron chi connectivity index (χ2n) is 2.66. The highest BCUT2D eigenvalue weighted by atomic mass is 19.2. The molecule has 0 atom stereocenters. The first kappa shape index (κ1) is 8.80. The molecule has 14 heavy (non-hydrogen) atoms. The Labute approximate surface area is 77.4 Å². The van der Waals surface area contributed by atoms with Gasteiger partial charge in [-0.25, -0.2) is 18.2 Å². The number of hydrogen-bond acceptors (Lipinski definition) is 1. The van der Waals surface area contributed by atoms with Crippen molar-refractivity contribution in [2.75, 3.05) is 0 Å². The van der Waals surface area contributed by atoms with Gasteiger partial charge in [-0.2, -0.15) is 0 Å². The molecule has 1 aromatic carbocycles. The molecule has 2 rings (SSSR count). The number of aromatic nitrogens is 2. The first-order valence-electron chi connectivity index (χ1n) is 3.83. The normalized spacial score (nSPS) is 10.5. The van der Waals surface area contributed by atoms with Crippen LogP contribution >= 0.6 is 0 Å². The van der Waals surface area contributed by atoms with Gasteiger partial charge in [0.1, 0.15) is 5.82 Å². The predicted octanol–water partition coefficient (Wildman–Crippen LogP) is 2.49. The summed E-state index contributed by atoms with van der Waals surface area (Å²) in [6, 6.07) is 1.99. The minimum atomic E-state index is -1.49. The Kier molecular flexibility index (Phi) is 1.99. The molecule has 0 radical (unpaired) electrons. The standard InChI is InChI=1S/C9H5F3N2/c10-6-2-1-5(7(11)8(6)12)9-13-3-4-14-9/h1-4H,(H,13,14). The number of nitrogens with one attached hydrogen (secondary N) is 1. The number of rotatable bonds is 1. The van der Waals surface area contributed by atoms with Crippen LogP contribution in [0.4, 0.5) is 13.2 Å². The Balaban J connectivity index is 2.61. The zero-order chi connectivity index (χ0) is 10.1. The maximum Gasteiger partial charge on any atom is 0.195 e. The molecular formula is C9H5F3N2. The van der Waals surface area contributed by atoms with E-state index in [0.29, 0.717) is 0 Å². The summed E-state index contributed by atoms with van der Waals surface area (Å²) in [6.45, 7) is 0. The van der Waals surface area contributed by atoms with Crippen LogP contribution in [0.15, 0.2) is 24.5 Å². The van der Waals surface area contributed by atoms with Crippen molar-refractivity contribution >= 4 is 0 Å². The minimum absolute atomic E-state index is 0.0890. The van der Waals surface area contributed by atoms with E-state index in [1.165, 1.54) is 12.4 Å². The fourth-order valence-corrected chi connectivity index (χ4v) is 1.12. The summed E-state index contributed by atoms with van der Waals surface area (Å²) in [5.74, 6) is -3.77. The summed E-state index contributed by atoms with van der Waals surface area (Å²) in [4.78, 5) is 6.33. The van der Waals surface area contributed by atoms with Crippen molar-refractivity contribution < 1.29 is 13.2 Å². The molecule has 1 aromatic heterocycles. The van der Waals surface area contributed by atoms with Gasteiger partial charge in [0, 0.05) is 12.4 Å². The van der Waals surface area contributed by atoms with Crippen molar-refractivity contribution in [2.24, 2.45) is 0 Å². The number of aromatic amines is 1. The molecular weight excluding hydrogens is 193 g/mol. The van der Waals surface area contributed by atoms with E-state index in [0.717, 1.165) is 12.1 Å². The van der Waals surface area contributed by atoms with E-state index in [1.54, 1.807) is 0 Å². The zero-order valence-electron chi connectivity index (χ0n) is 6.89. The molecule has 0 bridgehead atoms. The molecule has 0 amide bonds. The lowest BCUT2D eigenvalue weighted by Crippen LogP contribution is -1.94. The molecule has 0 fully saturated rings. The van der Waals surface area contributed by atoms with Gasteiger partial charge in [-0.05, 0) is 12.1 Å². The minimum Gasteiger partial charge on any atom is -0.345 e. The Morgan fingerprint density at radius 1 is 1.07 bits per heavy atom. The maximum absolute atomic E-state index is 13.2. The summed E-state index contributed by atoms with van der Waals surface area (Å²) in [5.41, 5.74) is -0.0890. The van der Waals surface area contributed by atoms with Crippen LogP contribution in [0.2, 0.25) is 0 Å². The van der Waals surface area contributed by atoms with E-state index in [9.17, 15) is 13.2 Å². The number of H-pyrrole nitrogens is 1. The van der Waals surface area contributed by atoms with Crippen molar-refractivity contribution in [3.05, 3.63) is 42.0 Å². The van der Waals surface area contributed by atoms with Gasteiger partial charge < -0.3 is 4.98 Å². The topological polar surface area (TPSA) is 28.7 Å². The SMILES string of the molecule is Fc1ccc(-c2ncc[nH]2)c(F)c1F. The molecule has 0 saturated carbocycles. The molecule has 72 valence electrons. The van der Waals surface area contributed by atoms with Gasteiger partial charge >= 0.3 is 0 Å². The molecule has 2 aromatic rings. The molecule has 0 aliphatic rings. The third-order valence-electron chi connectivity index (χ3n) is 1.79. The van der Waals surface area contributed by atoms with Crippen molar-refractivity contribution in [1.29, 1.82) is 0 Å². The smallest absolute Gasteiger partial charge is 0.195 e. The van der Waals surface area contributed by atoms with Crippen LogP contribution in [0.3, 0.4) is 0 Å². The van der Waals surface area contributed by atoms with E-state index in [2.05, 4.69) is 9.97 Å². The fourth-order valence-electron chi connectivity index (χ4n) is 1.12. The molecule has 0 unspecified atom stereocenters. The van der Waals surface area contributed by atoms with Crippen molar-refractivity contribution in [3.8, 4) is 11.4 Å². The average molecular weight is 198 g/mol. The van der Waals surface area contributed by atoms with Crippen LogP contribution in [-0.4, -0.2) is 9.97 Å². The summed E-state index contributed by atoms with van der Waals surface area (Å²) < 4.78 is 38.5. The quantitative estimate of drug-likeness (QED) is 0.700. The monoisotopic (exact) mass is 198 g/mol. The van der Waals surface area contributed by atoms with E-state index < -0.39 is 17.5 Å². The highest BCUT2D eigenvalue weighted by Gasteiger charge is 2.15. The summed E-state index contributed by atoms with van der Waals surface area (Å²) in [6.07, 6.45) is 2.87. The summed E-state index contributed by atoms with van der Waals surface area (Å²) >= 11 is 0. The largest absolute Gasteiger partial charge is 0.345 e. The van der Waals surface area contributed by atoms with Gasteiger partial charge in [0.2, 0.25) is 0 Å². The van der Waals surface area contributed by atoms with Gasteiger partial charge in [-0.3, -0.25) is 0 Å². The first-order chi connectivity index (χ1) is 6.70. The number of halogens is 3. The van der Waals surface area contributed by atoms with Gasteiger partial charge in [0.15, 0.2) is 17.5 Å². The third-order valence-corrected chi connectivity index (χ3v) is 1.79. The highest BCUT2D eigenvalue weighted by Crippen LogP contribution is 2.22. The molecule has 1 heterocycles. The van der Waals surface area contributed by atoms with Crippen LogP contribution in [0.25, 0.3) is 11.4 Å². The van der Waals surface area contributed by atoms with Gasteiger partial charge in [-0.1, -0.05) is 0 Å². The summed E-state index contributed by atoms with van der Waals surface area (Å²) in [5, 5.41) is 0. The van der Waals surface area contributed by atoms with Gasteiger partial charge in [-0.15, -0.1) is 0 Å². The molecule has 0 aliphatic heterocycles. The number of benzene rings is 1. The van der Waals surface area contributed by atoms with Crippen LogP contribution in [0, 0.1) is 17.5 Å². The lowest BCUT2D eigenvalue weighted by atomic mass is 10.2. The first-order valence-corrected chi connectivity index (χ1v) is 3.83. The Hall–Kier alpha value is -1.78. The highest BCUT2D eigenvalue weighted by molar-refractivity contribution is 5.55. The lowest BCUT2D eigenvalue weighted by molar-refractivity contribution is 0.448. The fraction of sp³-hybridized carbons (Fsp3) is 0. The van der Waals surface area contributed by atoms with Crippen LogP contribution in [0.1, 0.15) is 0 Å². The van der Waals surface area contributed by atoms with Crippen molar-refractivity contribution in [1.82, 2.24) is 9.97 Å². The Morgan fingerprint density at radius 2 is 1.86 bits per heavy atom. The summed E-state index contributed by atoms with van der Waals surface area (Å²) in [7, 11) is 0. The molecule has 0 saturated heterocycles. The zero-order valence-corrected chi connectivity index (χ0v) is 6.89. The predicted molar refractivity (Wildman–Crippen MR) is 43.9 cm³/mol. The second-order valence-corrected chi connectivity index (χ2v) is 2.66. The Morgan fingerprint density at radius 3 is 2.50 bits per heavy atom. The molecule has 0 spiro atoms. The number of nitrogens with zero attached hydrogens (tertiary/aromatic N) is 1. The Bertz CT molecular complexity index is 451. The van der Waals surface area contributed by atoms with Crippen LogP contribution < -0.4 is 0 Å².